The van der Waals surface area contributed by atoms with E-state index in [9.17, 15) is 4.79 Å². The highest BCUT2D eigenvalue weighted by Gasteiger charge is 2.18. The Balaban J connectivity index is 1.58. The summed E-state index contributed by atoms with van der Waals surface area (Å²) in [4.78, 5) is 16.4. The van der Waals surface area contributed by atoms with E-state index in [4.69, 9.17) is 21.1 Å². The number of amides is 2. The molecule has 1 saturated heterocycles. The molecule has 1 heterocycles. The van der Waals surface area contributed by atoms with Gasteiger partial charge in [0.1, 0.15) is 12.4 Å². The van der Waals surface area contributed by atoms with Crippen LogP contribution in [0.4, 0.5) is 16.2 Å². The van der Waals surface area contributed by atoms with E-state index in [1.165, 1.54) is 0 Å². The Morgan fingerprint density at radius 1 is 1.22 bits per heavy atom. The van der Waals surface area contributed by atoms with Crippen LogP contribution in [-0.4, -0.2) is 57.4 Å². The van der Waals surface area contributed by atoms with E-state index in [-0.39, 0.29) is 6.03 Å². The Bertz CT molecular complexity index is 751. The number of carbonyl (C=O) groups is 1. The Hall–Kier alpha value is -2.44. The van der Waals surface area contributed by atoms with Crippen molar-refractivity contribution < 1.29 is 14.3 Å². The maximum Gasteiger partial charge on any atom is 0.321 e. The Labute approximate surface area is 164 Å². The minimum atomic E-state index is -0.205. The van der Waals surface area contributed by atoms with Gasteiger partial charge in [0.05, 0.1) is 31.1 Å². The first-order valence-electron chi connectivity index (χ1n) is 8.96. The van der Waals surface area contributed by atoms with Crippen LogP contribution in [0.25, 0.3) is 0 Å². The zero-order valence-electron chi connectivity index (χ0n) is 15.4. The summed E-state index contributed by atoms with van der Waals surface area (Å²) >= 11 is 6.14. The summed E-state index contributed by atoms with van der Waals surface area (Å²) in [6, 6.07) is 14.9. The molecule has 7 heteroatoms. The van der Waals surface area contributed by atoms with Crippen LogP contribution in [0.5, 0.6) is 5.75 Å². The third-order valence-electron chi connectivity index (χ3n) is 4.34. The van der Waals surface area contributed by atoms with Crippen LogP contribution >= 0.6 is 11.6 Å². The average Bonchev–Trinajstić information content (AvgIpc) is 2.69. The molecule has 0 saturated carbocycles. The Morgan fingerprint density at radius 2 is 1.96 bits per heavy atom. The summed E-state index contributed by atoms with van der Waals surface area (Å²) in [5, 5.41) is 3.54. The first-order chi connectivity index (χ1) is 13.1. The fraction of sp³-hybridized carbons (Fsp3) is 0.350. The predicted molar refractivity (Wildman–Crippen MR) is 108 cm³/mol. The SMILES string of the molecule is CN(CCOc1ccccc1)C(=O)Nc1cc(Cl)ccc1N1CCOCC1. The Kier molecular flexibility index (Phi) is 6.79. The number of ether oxygens (including phenoxy) is 2. The standard InChI is InChI=1S/C20H24ClN3O3/c1-23(9-14-27-17-5-3-2-4-6-17)20(25)22-18-15-16(21)7-8-19(18)24-10-12-26-13-11-24/h2-8,15H,9-14H2,1H3,(H,22,25). The molecule has 0 atom stereocenters. The molecule has 27 heavy (non-hydrogen) atoms. The van der Waals surface area contributed by atoms with Gasteiger partial charge in [-0.25, -0.2) is 4.79 Å². The predicted octanol–water partition coefficient (Wildman–Crippen LogP) is 3.72. The molecule has 1 aliphatic rings. The molecule has 0 unspecified atom stereocenters. The second-order valence-electron chi connectivity index (χ2n) is 6.27. The minimum Gasteiger partial charge on any atom is -0.492 e. The lowest BCUT2D eigenvalue weighted by Gasteiger charge is -2.31. The van der Waals surface area contributed by atoms with Gasteiger partial charge >= 0.3 is 6.03 Å². The van der Waals surface area contributed by atoms with Gasteiger partial charge in [-0.05, 0) is 30.3 Å². The fourth-order valence-corrected chi connectivity index (χ4v) is 2.99. The van der Waals surface area contributed by atoms with E-state index in [2.05, 4.69) is 10.2 Å². The molecule has 1 aliphatic heterocycles. The van der Waals surface area contributed by atoms with Crippen molar-refractivity contribution in [2.45, 2.75) is 0 Å². The molecule has 2 aromatic carbocycles. The lowest BCUT2D eigenvalue weighted by atomic mass is 10.2. The van der Waals surface area contributed by atoms with Crippen molar-refractivity contribution in [1.29, 1.82) is 0 Å². The molecule has 0 aromatic heterocycles. The average molecular weight is 390 g/mol. The number of carbonyl (C=O) groups excluding carboxylic acids is 1. The molecule has 2 amide bonds. The van der Waals surface area contributed by atoms with Gasteiger partial charge in [0.2, 0.25) is 0 Å². The molecule has 0 radical (unpaired) electrons. The van der Waals surface area contributed by atoms with Crippen molar-refractivity contribution in [3.63, 3.8) is 0 Å². The maximum absolute atomic E-state index is 12.6. The zero-order chi connectivity index (χ0) is 19.1. The number of benzene rings is 2. The number of likely N-dealkylation sites (N-methyl/N-ethyl adjacent to an activating group) is 1. The number of nitrogens with zero attached hydrogens (tertiary/aromatic N) is 2. The summed E-state index contributed by atoms with van der Waals surface area (Å²) in [6.45, 7) is 3.80. The van der Waals surface area contributed by atoms with Crippen molar-refractivity contribution in [1.82, 2.24) is 4.90 Å². The molecule has 6 nitrogen and oxygen atoms in total. The van der Waals surface area contributed by atoms with Gasteiger partial charge in [-0.2, -0.15) is 0 Å². The maximum atomic E-state index is 12.6. The Morgan fingerprint density at radius 3 is 2.70 bits per heavy atom. The molecule has 2 aromatic rings. The largest absolute Gasteiger partial charge is 0.492 e. The number of morpholine rings is 1. The number of hydrogen-bond acceptors (Lipinski definition) is 4. The molecular formula is C20H24ClN3O3. The van der Waals surface area contributed by atoms with Crippen LogP contribution in [0.2, 0.25) is 5.02 Å². The molecule has 0 aliphatic carbocycles. The number of halogens is 1. The van der Waals surface area contributed by atoms with E-state index in [1.807, 2.05) is 42.5 Å². The number of rotatable bonds is 6. The van der Waals surface area contributed by atoms with Gasteiger partial charge in [0.15, 0.2) is 0 Å². The first-order valence-corrected chi connectivity index (χ1v) is 9.33. The highest BCUT2D eigenvalue weighted by atomic mass is 35.5. The highest BCUT2D eigenvalue weighted by Crippen LogP contribution is 2.30. The monoisotopic (exact) mass is 389 g/mol. The number of para-hydroxylation sites is 1. The molecule has 0 bridgehead atoms. The smallest absolute Gasteiger partial charge is 0.321 e. The second-order valence-corrected chi connectivity index (χ2v) is 6.71. The van der Waals surface area contributed by atoms with Crippen LogP contribution in [0.15, 0.2) is 48.5 Å². The third-order valence-corrected chi connectivity index (χ3v) is 4.57. The quantitative estimate of drug-likeness (QED) is 0.818. The molecule has 3 rings (SSSR count). The van der Waals surface area contributed by atoms with Crippen molar-refractivity contribution >= 4 is 29.0 Å². The molecule has 144 valence electrons. The van der Waals surface area contributed by atoms with Crippen molar-refractivity contribution in [3.05, 3.63) is 53.6 Å². The van der Waals surface area contributed by atoms with Crippen LogP contribution in [-0.2, 0) is 4.74 Å². The van der Waals surface area contributed by atoms with E-state index < -0.39 is 0 Å². The lowest BCUT2D eigenvalue weighted by Crippen LogP contribution is -2.38. The van der Waals surface area contributed by atoms with Crippen molar-refractivity contribution in [2.75, 3.05) is 56.7 Å². The third kappa shape index (κ3) is 5.52. The number of urea groups is 1. The minimum absolute atomic E-state index is 0.205. The number of nitrogens with one attached hydrogen (secondary N) is 1. The molecule has 1 fully saturated rings. The van der Waals surface area contributed by atoms with Crippen LogP contribution in [0.3, 0.4) is 0 Å². The summed E-state index contributed by atoms with van der Waals surface area (Å²) in [5.41, 5.74) is 1.65. The number of anilines is 2. The highest BCUT2D eigenvalue weighted by molar-refractivity contribution is 6.31. The second kappa shape index (κ2) is 9.48. The molecule has 1 N–H and O–H groups in total. The van der Waals surface area contributed by atoms with Crippen LogP contribution in [0.1, 0.15) is 0 Å². The summed E-state index contributed by atoms with van der Waals surface area (Å²) in [6.07, 6.45) is 0. The normalized spacial score (nSPS) is 13.9. The van der Waals surface area contributed by atoms with Gasteiger partial charge in [0, 0.05) is 25.2 Å². The van der Waals surface area contributed by atoms with E-state index >= 15 is 0 Å². The van der Waals surface area contributed by atoms with Crippen molar-refractivity contribution in [3.8, 4) is 5.75 Å². The van der Waals surface area contributed by atoms with E-state index in [1.54, 1.807) is 18.0 Å². The van der Waals surface area contributed by atoms with Gasteiger partial charge < -0.3 is 24.6 Å². The summed E-state index contributed by atoms with van der Waals surface area (Å²) in [5.74, 6) is 0.788. The zero-order valence-corrected chi connectivity index (χ0v) is 16.1. The van der Waals surface area contributed by atoms with Crippen LogP contribution < -0.4 is 15.0 Å². The van der Waals surface area contributed by atoms with Gasteiger partial charge in [-0.3, -0.25) is 0 Å². The van der Waals surface area contributed by atoms with Gasteiger partial charge in [-0.1, -0.05) is 29.8 Å². The van der Waals surface area contributed by atoms with E-state index in [0.717, 1.165) is 24.5 Å². The summed E-state index contributed by atoms with van der Waals surface area (Å²) < 4.78 is 11.1. The van der Waals surface area contributed by atoms with Gasteiger partial charge in [0.25, 0.3) is 0 Å². The van der Waals surface area contributed by atoms with Crippen molar-refractivity contribution in [2.24, 2.45) is 0 Å². The fourth-order valence-electron chi connectivity index (χ4n) is 2.82. The topological polar surface area (TPSA) is 54.0 Å². The number of hydrogen-bond donors (Lipinski definition) is 1. The van der Waals surface area contributed by atoms with Crippen LogP contribution in [0, 0.1) is 0 Å². The molecule has 0 spiro atoms. The molecular weight excluding hydrogens is 366 g/mol. The summed E-state index contributed by atoms with van der Waals surface area (Å²) in [7, 11) is 1.74. The first kappa shape index (κ1) is 19.3. The lowest BCUT2D eigenvalue weighted by molar-refractivity contribution is 0.123. The van der Waals surface area contributed by atoms with Gasteiger partial charge in [-0.15, -0.1) is 0 Å². The van der Waals surface area contributed by atoms with E-state index in [0.29, 0.717) is 37.1 Å².